The van der Waals surface area contributed by atoms with E-state index in [9.17, 15) is 9.59 Å². The molecule has 5 heteroatoms. The Bertz CT molecular complexity index is 467. The van der Waals surface area contributed by atoms with E-state index in [1.165, 1.54) is 11.3 Å². The lowest BCUT2D eigenvalue weighted by molar-refractivity contribution is -0.138. The highest BCUT2D eigenvalue weighted by Crippen LogP contribution is 2.24. The molecule has 1 rings (SSSR count). The fourth-order valence-electron chi connectivity index (χ4n) is 1.84. The Morgan fingerprint density at radius 2 is 2.11 bits per heavy atom. The lowest BCUT2D eigenvalue weighted by atomic mass is 9.85. The number of nitrogens with one attached hydrogen (secondary N) is 1. The Morgan fingerprint density at radius 1 is 1.47 bits per heavy atom. The van der Waals surface area contributed by atoms with Gasteiger partial charge in [-0.05, 0) is 36.3 Å². The van der Waals surface area contributed by atoms with Crippen molar-refractivity contribution in [1.82, 2.24) is 5.32 Å². The van der Waals surface area contributed by atoms with E-state index < -0.39 is 11.5 Å². The van der Waals surface area contributed by atoms with Crippen LogP contribution in [-0.2, 0) is 11.2 Å². The maximum Gasteiger partial charge on any atom is 0.305 e. The minimum atomic E-state index is -0.904. The molecule has 106 valence electrons. The third-order valence-electron chi connectivity index (χ3n) is 3.53. The third-order valence-corrected chi connectivity index (χ3v) is 4.48. The van der Waals surface area contributed by atoms with Gasteiger partial charge in [0.2, 0.25) is 0 Å². The molecule has 2 N–H and O–H groups in total. The van der Waals surface area contributed by atoms with Gasteiger partial charge in [-0.1, -0.05) is 20.8 Å². The van der Waals surface area contributed by atoms with Crippen LogP contribution in [-0.4, -0.2) is 22.5 Å². The molecule has 0 bridgehead atoms. The molecule has 0 aliphatic heterocycles. The summed E-state index contributed by atoms with van der Waals surface area (Å²) in [7, 11) is 0. The van der Waals surface area contributed by atoms with Gasteiger partial charge >= 0.3 is 5.97 Å². The van der Waals surface area contributed by atoms with Gasteiger partial charge in [-0.3, -0.25) is 9.59 Å². The van der Waals surface area contributed by atoms with Gasteiger partial charge in [-0.2, -0.15) is 0 Å². The number of hydrogen-bond acceptors (Lipinski definition) is 3. The first-order valence-electron chi connectivity index (χ1n) is 6.40. The van der Waals surface area contributed by atoms with E-state index in [-0.39, 0.29) is 18.2 Å². The summed E-state index contributed by atoms with van der Waals surface area (Å²) in [6, 6.07) is 1.93. The van der Waals surface area contributed by atoms with E-state index in [1.54, 1.807) is 6.92 Å². The van der Waals surface area contributed by atoms with Crippen molar-refractivity contribution in [2.24, 2.45) is 5.92 Å². The first kappa shape index (κ1) is 15.7. The Labute approximate surface area is 117 Å². The second-order valence-electron chi connectivity index (χ2n) is 5.23. The summed E-state index contributed by atoms with van der Waals surface area (Å²) in [5.41, 5.74) is 0.265. The number of hydrogen-bond donors (Lipinski definition) is 2. The van der Waals surface area contributed by atoms with E-state index in [2.05, 4.69) is 5.32 Å². The van der Waals surface area contributed by atoms with Crippen LogP contribution < -0.4 is 5.32 Å². The molecule has 4 nitrogen and oxygen atoms in total. The second kappa shape index (κ2) is 6.19. The Hall–Kier alpha value is -1.36. The van der Waals surface area contributed by atoms with Gasteiger partial charge in [0.1, 0.15) is 0 Å². The van der Waals surface area contributed by atoms with Crippen LogP contribution in [0.1, 0.15) is 49.4 Å². The molecule has 0 spiro atoms. The molecule has 0 saturated heterocycles. The summed E-state index contributed by atoms with van der Waals surface area (Å²) in [5, 5.41) is 13.8. The summed E-state index contributed by atoms with van der Waals surface area (Å²) >= 11 is 1.39. The van der Waals surface area contributed by atoms with Crippen LogP contribution >= 0.6 is 11.3 Å². The fraction of sp³-hybridized carbons (Fsp3) is 0.571. The number of carboxylic acid groups (broad SMARTS) is 1. The molecule has 1 heterocycles. The van der Waals surface area contributed by atoms with Gasteiger partial charge in [0.15, 0.2) is 0 Å². The quantitative estimate of drug-likeness (QED) is 0.843. The largest absolute Gasteiger partial charge is 0.481 e. The van der Waals surface area contributed by atoms with Crippen LogP contribution in [0.4, 0.5) is 0 Å². The van der Waals surface area contributed by atoms with Crippen molar-refractivity contribution in [2.45, 2.75) is 46.1 Å². The monoisotopic (exact) mass is 283 g/mol. The second-order valence-corrected chi connectivity index (χ2v) is 6.14. The van der Waals surface area contributed by atoms with Gasteiger partial charge in [0.25, 0.3) is 5.91 Å². The number of amides is 1. The van der Waals surface area contributed by atoms with E-state index in [4.69, 9.17) is 5.11 Å². The molecule has 0 aromatic carbocycles. The molecule has 1 aromatic rings. The third kappa shape index (κ3) is 3.80. The highest BCUT2D eigenvalue weighted by molar-refractivity contribution is 7.12. The van der Waals surface area contributed by atoms with Crippen LogP contribution in [0, 0.1) is 5.92 Å². The number of carbonyl (C=O) groups is 2. The predicted molar refractivity (Wildman–Crippen MR) is 76.7 cm³/mol. The summed E-state index contributed by atoms with van der Waals surface area (Å²) in [6.07, 6.45) is 0.715. The number of carbonyl (C=O) groups excluding carboxylic acids is 1. The normalized spacial score (nSPS) is 14.2. The maximum absolute atomic E-state index is 12.3. The first-order valence-corrected chi connectivity index (χ1v) is 7.28. The maximum atomic E-state index is 12.3. The molecule has 0 radical (unpaired) electrons. The van der Waals surface area contributed by atoms with Crippen LogP contribution in [0.2, 0.25) is 0 Å². The number of carboxylic acids is 1. The van der Waals surface area contributed by atoms with Crippen molar-refractivity contribution in [3.05, 3.63) is 21.9 Å². The summed E-state index contributed by atoms with van der Waals surface area (Å²) in [4.78, 5) is 23.9. The van der Waals surface area contributed by atoms with Crippen LogP contribution in [0.15, 0.2) is 11.4 Å². The molecule has 0 fully saturated rings. The molecule has 1 amide bonds. The molecular formula is C14H21NO3S. The van der Waals surface area contributed by atoms with Crippen LogP contribution in [0.3, 0.4) is 0 Å². The SMILES string of the molecule is CCc1ccsc1C(=O)NC(C)(CC(=O)O)C(C)C. The van der Waals surface area contributed by atoms with Gasteiger partial charge in [-0.25, -0.2) is 0 Å². The topological polar surface area (TPSA) is 66.4 Å². The van der Waals surface area contributed by atoms with Gasteiger partial charge < -0.3 is 10.4 Å². The molecule has 1 atom stereocenters. The minimum Gasteiger partial charge on any atom is -0.481 e. The molecule has 0 saturated carbocycles. The molecule has 19 heavy (non-hydrogen) atoms. The fourth-order valence-corrected chi connectivity index (χ4v) is 2.73. The highest BCUT2D eigenvalue weighted by Gasteiger charge is 2.33. The predicted octanol–water partition coefficient (Wildman–Crippen LogP) is 2.93. The van der Waals surface area contributed by atoms with Crippen molar-refractivity contribution in [3.63, 3.8) is 0 Å². The van der Waals surface area contributed by atoms with Crippen LogP contribution in [0.5, 0.6) is 0 Å². The highest BCUT2D eigenvalue weighted by atomic mass is 32.1. The Balaban J connectivity index is 2.91. The Morgan fingerprint density at radius 3 is 2.58 bits per heavy atom. The molecule has 0 aliphatic carbocycles. The van der Waals surface area contributed by atoms with Crippen molar-refractivity contribution in [1.29, 1.82) is 0 Å². The summed E-state index contributed by atoms with van der Waals surface area (Å²) in [5.74, 6) is -1.04. The van der Waals surface area contributed by atoms with E-state index in [1.807, 2.05) is 32.2 Å². The standard InChI is InChI=1S/C14H21NO3S/c1-5-10-6-7-19-12(10)13(18)15-14(4,9(2)3)8-11(16)17/h6-7,9H,5,8H2,1-4H3,(H,15,18)(H,16,17). The van der Waals surface area contributed by atoms with Gasteiger partial charge in [0.05, 0.1) is 16.8 Å². The van der Waals surface area contributed by atoms with Gasteiger partial charge in [-0.15, -0.1) is 11.3 Å². The van der Waals surface area contributed by atoms with E-state index in [0.29, 0.717) is 4.88 Å². The molecular weight excluding hydrogens is 262 g/mol. The minimum absolute atomic E-state index is 0.0394. The lowest BCUT2D eigenvalue weighted by Crippen LogP contribution is -2.51. The van der Waals surface area contributed by atoms with Crippen molar-refractivity contribution in [2.75, 3.05) is 0 Å². The summed E-state index contributed by atoms with van der Waals surface area (Å²) in [6.45, 7) is 7.61. The zero-order valence-corrected chi connectivity index (χ0v) is 12.6. The Kier molecular flexibility index (Phi) is 5.11. The smallest absolute Gasteiger partial charge is 0.305 e. The number of thiophene rings is 1. The first-order chi connectivity index (χ1) is 8.80. The lowest BCUT2D eigenvalue weighted by Gasteiger charge is -2.33. The van der Waals surface area contributed by atoms with Crippen molar-refractivity contribution >= 4 is 23.2 Å². The zero-order chi connectivity index (χ0) is 14.6. The van der Waals surface area contributed by atoms with E-state index >= 15 is 0 Å². The average molecular weight is 283 g/mol. The number of rotatable bonds is 6. The molecule has 0 aliphatic rings. The van der Waals surface area contributed by atoms with Crippen LogP contribution in [0.25, 0.3) is 0 Å². The molecule has 1 unspecified atom stereocenters. The van der Waals surface area contributed by atoms with Crippen molar-refractivity contribution in [3.8, 4) is 0 Å². The van der Waals surface area contributed by atoms with E-state index in [0.717, 1.165) is 12.0 Å². The molecule has 1 aromatic heterocycles. The number of aryl methyl sites for hydroxylation is 1. The van der Waals surface area contributed by atoms with Gasteiger partial charge in [0, 0.05) is 0 Å². The van der Waals surface area contributed by atoms with Crippen molar-refractivity contribution < 1.29 is 14.7 Å². The zero-order valence-electron chi connectivity index (χ0n) is 11.8. The number of aliphatic carboxylic acids is 1. The average Bonchev–Trinajstić information content (AvgIpc) is 2.75. The summed E-state index contributed by atoms with van der Waals surface area (Å²) < 4.78 is 0.